The predicted molar refractivity (Wildman–Crippen MR) is 108 cm³/mol. The molecule has 8 heteroatoms. The molecule has 0 bridgehead atoms. The summed E-state index contributed by atoms with van der Waals surface area (Å²) in [6.45, 7) is 0.511. The van der Waals surface area contributed by atoms with E-state index in [9.17, 15) is 0 Å². The molecule has 138 valence electrons. The Labute approximate surface area is 163 Å². The Morgan fingerprint density at radius 2 is 1.19 bits per heavy atom. The van der Waals surface area contributed by atoms with Crippen molar-refractivity contribution in [3.63, 3.8) is 0 Å². The first-order valence-corrected chi connectivity index (χ1v) is 8.59. The van der Waals surface area contributed by atoms with Crippen molar-refractivity contribution < 1.29 is 19.1 Å². The van der Waals surface area contributed by atoms with E-state index < -0.39 is 0 Å². The molecule has 0 aromatic heterocycles. The summed E-state index contributed by atoms with van der Waals surface area (Å²) >= 11 is 8.78. The summed E-state index contributed by atoms with van der Waals surface area (Å²) in [6.07, 6.45) is 3.13. The average Bonchev–Trinajstić information content (AvgIpc) is 2.66. The SMILES string of the molecule is COc1cccc(/C=N/OCCO/N=C/c2cccc(OC)c2S)c1S. The van der Waals surface area contributed by atoms with Gasteiger partial charge in [-0.15, -0.1) is 25.3 Å². The van der Waals surface area contributed by atoms with Gasteiger partial charge in [0.1, 0.15) is 11.5 Å². The van der Waals surface area contributed by atoms with Crippen LogP contribution in [0.2, 0.25) is 0 Å². The number of methoxy groups -OCH3 is 2. The van der Waals surface area contributed by atoms with Crippen molar-refractivity contribution in [2.75, 3.05) is 27.4 Å². The van der Waals surface area contributed by atoms with Crippen molar-refractivity contribution in [1.29, 1.82) is 0 Å². The molecule has 0 heterocycles. The van der Waals surface area contributed by atoms with Gasteiger partial charge in [-0.25, -0.2) is 0 Å². The first-order valence-electron chi connectivity index (χ1n) is 7.70. The highest BCUT2D eigenvalue weighted by Gasteiger charge is 2.03. The van der Waals surface area contributed by atoms with Gasteiger partial charge in [-0.3, -0.25) is 0 Å². The minimum Gasteiger partial charge on any atom is -0.496 e. The Hall–Kier alpha value is -2.32. The molecule has 6 nitrogen and oxygen atoms in total. The van der Waals surface area contributed by atoms with Crippen LogP contribution in [0.25, 0.3) is 0 Å². The lowest BCUT2D eigenvalue weighted by Crippen LogP contribution is -1.98. The predicted octanol–water partition coefficient (Wildman–Crippen LogP) is 3.68. The minimum absolute atomic E-state index is 0.256. The maximum Gasteiger partial charge on any atom is 0.153 e. The molecule has 0 radical (unpaired) electrons. The molecule has 2 rings (SSSR count). The van der Waals surface area contributed by atoms with E-state index in [1.54, 1.807) is 26.6 Å². The third-order valence-corrected chi connectivity index (χ3v) is 4.26. The summed E-state index contributed by atoms with van der Waals surface area (Å²) in [4.78, 5) is 11.7. The highest BCUT2D eigenvalue weighted by molar-refractivity contribution is 7.80. The summed E-state index contributed by atoms with van der Waals surface area (Å²) in [5, 5.41) is 7.76. The number of benzene rings is 2. The molecule has 0 fully saturated rings. The van der Waals surface area contributed by atoms with Crippen LogP contribution >= 0.6 is 25.3 Å². The molecule has 0 spiro atoms. The molecular formula is C18H20N2O4S2. The summed E-state index contributed by atoms with van der Waals surface area (Å²) in [6, 6.07) is 11.1. The van der Waals surface area contributed by atoms with Crippen LogP contribution in [-0.4, -0.2) is 39.9 Å². The van der Waals surface area contributed by atoms with Gasteiger partial charge in [-0.2, -0.15) is 0 Å². The van der Waals surface area contributed by atoms with E-state index in [4.69, 9.17) is 19.1 Å². The van der Waals surface area contributed by atoms with E-state index in [1.165, 1.54) is 0 Å². The van der Waals surface area contributed by atoms with E-state index in [0.717, 1.165) is 11.1 Å². The maximum atomic E-state index is 5.19. The zero-order valence-corrected chi connectivity index (χ0v) is 16.2. The summed E-state index contributed by atoms with van der Waals surface area (Å²) in [7, 11) is 3.18. The van der Waals surface area contributed by atoms with Crippen LogP contribution in [0.4, 0.5) is 0 Å². The molecule has 2 aromatic carbocycles. The number of nitrogens with zero attached hydrogens (tertiary/aromatic N) is 2. The van der Waals surface area contributed by atoms with Crippen LogP contribution in [0.3, 0.4) is 0 Å². The largest absolute Gasteiger partial charge is 0.496 e. The zero-order valence-electron chi connectivity index (χ0n) is 14.5. The Morgan fingerprint density at radius 1 is 0.769 bits per heavy atom. The average molecular weight is 393 g/mol. The first-order chi connectivity index (χ1) is 12.7. The van der Waals surface area contributed by atoms with Crippen molar-refractivity contribution in [1.82, 2.24) is 0 Å². The van der Waals surface area contributed by atoms with Gasteiger partial charge in [0.25, 0.3) is 0 Å². The van der Waals surface area contributed by atoms with Gasteiger partial charge in [0.15, 0.2) is 13.2 Å². The second-order valence-corrected chi connectivity index (χ2v) is 5.83. The molecule has 26 heavy (non-hydrogen) atoms. The normalized spacial score (nSPS) is 11.1. The van der Waals surface area contributed by atoms with Crippen molar-refractivity contribution in [3.05, 3.63) is 47.5 Å². The molecule has 0 saturated carbocycles. The summed E-state index contributed by atoms with van der Waals surface area (Å²) in [5.74, 6) is 1.35. The molecule has 0 N–H and O–H groups in total. The van der Waals surface area contributed by atoms with Crippen molar-refractivity contribution >= 4 is 37.7 Å². The minimum atomic E-state index is 0.256. The number of thiol groups is 2. The Balaban J connectivity index is 1.74. The number of ether oxygens (including phenoxy) is 2. The van der Waals surface area contributed by atoms with Crippen LogP contribution in [-0.2, 0) is 9.68 Å². The van der Waals surface area contributed by atoms with Gasteiger partial charge in [0.05, 0.1) is 36.4 Å². The summed E-state index contributed by atoms with van der Waals surface area (Å²) in [5.41, 5.74) is 1.59. The molecule has 0 saturated heterocycles. The number of hydrogen-bond donors (Lipinski definition) is 2. The van der Waals surface area contributed by atoms with Gasteiger partial charge in [0, 0.05) is 11.1 Å². The van der Waals surface area contributed by atoms with E-state index in [1.807, 2.05) is 36.4 Å². The Kier molecular flexibility index (Phi) is 8.17. The fourth-order valence-electron chi connectivity index (χ4n) is 1.98. The number of oxime groups is 2. The van der Waals surface area contributed by atoms with Crippen molar-refractivity contribution in [3.8, 4) is 11.5 Å². The molecular weight excluding hydrogens is 372 g/mol. The van der Waals surface area contributed by atoms with Crippen LogP contribution in [0.1, 0.15) is 11.1 Å². The zero-order chi connectivity index (χ0) is 18.8. The lowest BCUT2D eigenvalue weighted by atomic mass is 10.2. The smallest absolute Gasteiger partial charge is 0.153 e. The summed E-state index contributed by atoms with van der Waals surface area (Å²) < 4.78 is 10.4. The fraction of sp³-hybridized carbons (Fsp3) is 0.222. The van der Waals surface area contributed by atoms with Crippen LogP contribution in [0, 0.1) is 0 Å². The molecule has 2 aromatic rings. The standard InChI is InChI=1S/C18H20N2O4S2/c1-21-15-7-3-5-13(17(15)25)11-19-23-9-10-24-20-12-14-6-4-8-16(22-2)18(14)26/h3-8,11-12,25-26H,9-10H2,1-2H3/b19-11+,20-12+. The molecule has 0 aliphatic heterocycles. The van der Waals surface area contributed by atoms with Crippen molar-refractivity contribution in [2.24, 2.45) is 10.3 Å². The van der Waals surface area contributed by atoms with Crippen LogP contribution in [0.15, 0.2) is 56.5 Å². The van der Waals surface area contributed by atoms with Gasteiger partial charge >= 0.3 is 0 Å². The Bertz CT molecular complexity index is 716. The lowest BCUT2D eigenvalue weighted by Gasteiger charge is -2.06. The van der Waals surface area contributed by atoms with E-state index >= 15 is 0 Å². The van der Waals surface area contributed by atoms with Crippen LogP contribution in [0.5, 0.6) is 11.5 Å². The topological polar surface area (TPSA) is 61.6 Å². The molecule has 0 atom stereocenters. The molecule has 0 unspecified atom stereocenters. The molecule has 0 amide bonds. The van der Waals surface area contributed by atoms with Gasteiger partial charge in [-0.05, 0) is 12.1 Å². The second kappa shape index (κ2) is 10.6. The highest BCUT2D eigenvalue weighted by atomic mass is 32.1. The van der Waals surface area contributed by atoms with Crippen molar-refractivity contribution in [2.45, 2.75) is 9.79 Å². The number of hydrogen-bond acceptors (Lipinski definition) is 8. The third-order valence-electron chi connectivity index (χ3n) is 3.30. The first kappa shape index (κ1) is 20.0. The monoisotopic (exact) mass is 392 g/mol. The second-order valence-electron chi connectivity index (χ2n) is 4.93. The van der Waals surface area contributed by atoms with E-state index in [2.05, 4.69) is 35.6 Å². The van der Waals surface area contributed by atoms with Gasteiger partial charge in [0.2, 0.25) is 0 Å². The van der Waals surface area contributed by atoms with E-state index in [0.29, 0.717) is 21.3 Å². The third kappa shape index (κ3) is 5.60. The van der Waals surface area contributed by atoms with Gasteiger partial charge in [-0.1, -0.05) is 34.6 Å². The highest BCUT2D eigenvalue weighted by Crippen LogP contribution is 2.25. The molecule has 0 aliphatic rings. The molecule has 0 aliphatic carbocycles. The van der Waals surface area contributed by atoms with Crippen LogP contribution < -0.4 is 9.47 Å². The Morgan fingerprint density at radius 3 is 1.58 bits per heavy atom. The lowest BCUT2D eigenvalue weighted by molar-refractivity contribution is 0.0553. The van der Waals surface area contributed by atoms with E-state index in [-0.39, 0.29) is 13.2 Å². The fourth-order valence-corrected chi connectivity index (χ4v) is 2.58. The van der Waals surface area contributed by atoms with Gasteiger partial charge < -0.3 is 19.1 Å². The maximum absolute atomic E-state index is 5.19. The quantitative estimate of drug-likeness (QED) is 0.296. The number of rotatable bonds is 9.